The van der Waals surface area contributed by atoms with Crippen LogP contribution >= 0.6 is 0 Å². The molecule has 0 fully saturated rings. The molecule has 2 amide bonds. The van der Waals surface area contributed by atoms with E-state index >= 15 is 0 Å². The Bertz CT molecular complexity index is 897. The number of imidazole rings is 1. The first-order valence-electron chi connectivity index (χ1n) is 9.63. The van der Waals surface area contributed by atoms with Gasteiger partial charge in [0.25, 0.3) is 0 Å². The number of aryl methyl sites for hydroxylation is 1. The van der Waals surface area contributed by atoms with Crippen molar-refractivity contribution in [1.29, 1.82) is 0 Å². The zero-order chi connectivity index (χ0) is 20.5. The standard InChI is InChI=1S/C22H25FN4O2/c1-2-29-21-7-4-3-6-18(21)16-27(14-5-13-26-15-12-24-17-26)22(28)25-20-10-8-19(23)9-11-20/h3-4,6-12,15,17H,2,5,13-14,16H2,1H3,(H,25,28). The molecule has 0 saturated heterocycles. The van der Waals surface area contributed by atoms with Crippen LogP contribution in [-0.2, 0) is 13.1 Å². The summed E-state index contributed by atoms with van der Waals surface area (Å²) >= 11 is 0. The summed E-state index contributed by atoms with van der Waals surface area (Å²) < 4.78 is 20.8. The summed E-state index contributed by atoms with van der Waals surface area (Å²) in [5, 5.41) is 2.84. The maximum absolute atomic E-state index is 13.1. The van der Waals surface area contributed by atoms with E-state index in [0.717, 1.165) is 24.3 Å². The summed E-state index contributed by atoms with van der Waals surface area (Å²) in [6.45, 7) is 4.20. The van der Waals surface area contributed by atoms with Crippen molar-refractivity contribution >= 4 is 11.7 Å². The number of halogens is 1. The second kappa shape index (κ2) is 10.3. The number of nitrogens with zero attached hydrogens (tertiary/aromatic N) is 3. The number of hydrogen-bond acceptors (Lipinski definition) is 3. The van der Waals surface area contributed by atoms with Crippen LogP contribution in [0.25, 0.3) is 0 Å². The summed E-state index contributed by atoms with van der Waals surface area (Å²) in [6, 6.07) is 13.2. The monoisotopic (exact) mass is 396 g/mol. The van der Waals surface area contributed by atoms with Gasteiger partial charge in [0.1, 0.15) is 11.6 Å². The molecule has 3 aromatic rings. The van der Waals surface area contributed by atoms with Gasteiger partial charge in [0, 0.05) is 36.7 Å². The smallest absolute Gasteiger partial charge is 0.322 e. The first-order chi connectivity index (χ1) is 14.2. The Kier molecular flexibility index (Phi) is 7.22. The first-order valence-corrected chi connectivity index (χ1v) is 9.63. The van der Waals surface area contributed by atoms with Crippen molar-refractivity contribution in [2.75, 3.05) is 18.5 Å². The molecule has 0 unspecified atom stereocenters. The highest BCUT2D eigenvalue weighted by Crippen LogP contribution is 2.21. The lowest BCUT2D eigenvalue weighted by atomic mass is 10.2. The van der Waals surface area contributed by atoms with Crippen molar-refractivity contribution < 1.29 is 13.9 Å². The summed E-state index contributed by atoms with van der Waals surface area (Å²) in [5.41, 5.74) is 1.49. The maximum atomic E-state index is 13.1. The summed E-state index contributed by atoms with van der Waals surface area (Å²) in [5.74, 6) is 0.426. The molecule has 0 aliphatic rings. The number of para-hydroxylation sites is 1. The zero-order valence-electron chi connectivity index (χ0n) is 16.4. The molecule has 6 nitrogen and oxygen atoms in total. The van der Waals surface area contributed by atoms with Crippen LogP contribution < -0.4 is 10.1 Å². The lowest BCUT2D eigenvalue weighted by Gasteiger charge is -2.24. The summed E-state index contributed by atoms with van der Waals surface area (Å²) in [7, 11) is 0. The Morgan fingerprint density at radius 2 is 2.00 bits per heavy atom. The number of amides is 2. The number of aromatic nitrogens is 2. The van der Waals surface area contributed by atoms with Gasteiger partial charge in [0.15, 0.2) is 0 Å². The number of ether oxygens (including phenoxy) is 1. The van der Waals surface area contributed by atoms with Crippen LogP contribution in [0.3, 0.4) is 0 Å². The van der Waals surface area contributed by atoms with Gasteiger partial charge < -0.3 is 19.5 Å². The number of nitrogens with one attached hydrogen (secondary N) is 1. The number of rotatable bonds is 9. The number of carbonyl (C=O) groups is 1. The molecule has 1 N–H and O–H groups in total. The van der Waals surface area contributed by atoms with Crippen LogP contribution in [0.1, 0.15) is 18.9 Å². The van der Waals surface area contributed by atoms with Crippen molar-refractivity contribution in [2.45, 2.75) is 26.4 Å². The Morgan fingerprint density at radius 1 is 1.21 bits per heavy atom. The van der Waals surface area contributed by atoms with Crippen LogP contribution in [0.4, 0.5) is 14.9 Å². The molecule has 7 heteroatoms. The van der Waals surface area contributed by atoms with Crippen molar-refractivity contribution in [3.63, 3.8) is 0 Å². The highest BCUT2D eigenvalue weighted by atomic mass is 19.1. The molecule has 0 atom stereocenters. The average Bonchev–Trinajstić information content (AvgIpc) is 3.24. The highest BCUT2D eigenvalue weighted by molar-refractivity contribution is 5.89. The van der Waals surface area contributed by atoms with Crippen LogP contribution in [0.5, 0.6) is 5.75 Å². The van der Waals surface area contributed by atoms with E-state index in [0.29, 0.717) is 25.4 Å². The van der Waals surface area contributed by atoms with Gasteiger partial charge in [-0.05, 0) is 43.7 Å². The van der Waals surface area contributed by atoms with Gasteiger partial charge in [-0.2, -0.15) is 0 Å². The Balaban J connectivity index is 1.71. The number of benzene rings is 2. The van der Waals surface area contributed by atoms with E-state index in [1.165, 1.54) is 12.1 Å². The Hall–Kier alpha value is -3.35. The predicted molar refractivity (Wildman–Crippen MR) is 110 cm³/mol. The SMILES string of the molecule is CCOc1ccccc1CN(CCCn1ccnc1)C(=O)Nc1ccc(F)cc1. The second-order valence-electron chi connectivity index (χ2n) is 6.55. The predicted octanol–water partition coefficient (Wildman–Crippen LogP) is 4.55. The average molecular weight is 396 g/mol. The van der Waals surface area contributed by atoms with E-state index in [2.05, 4.69) is 10.3 Å². The fourth-order valence-corrected chi connectivity index (χ4v) is 2.99. The molecule has 0 aliphatic carbocycles. The highest BCUT2D eigenvalue weighted by Gasteiger charge is 2.16. The van der Waals surface area contributed by atoms with Crippen molar-refractivity contribution in [3.8, 4) is 5.75 Å². The molecule has 1 aromatic heterocycles. The fraction of sp³-hybridized carbons (Fsp3) is 0.273. The third-order valence-electron chi connectivity index (χ3n) is 4.42. The quantitative estimate of drug-likeness (QED) is 0.577. The van der Waals surface area contributed by atoms with Crippen LogP contribution in [0, 0.1) is 5.82 Å². The van der Waals surface area contributed by atoms with E-state index in [-0.39, 0.29) is 11.8 Å². The third kappa shape index (κ3) is 6.07. The fourth-order valence-electron chi connectivity index (χ4n) is 2.99. The summed E-state index contributed by atoms with van der Waals surface area (Å²) in [6.07, 6.45) is 6.15. The number of carbonyl (C=O) groups excluding carboxylic acids is 1. The minimum absolute atomic E-state index is 0.242. The van der Waals surface area contributed by atoms with Gasteiger partial charge in [-0.25, -0.2) is 14.2 Å². The molecule has 0 spiro atoms. The normalized spacial score (nSPS) is 10.6. The maximum Gasteiger partial charge on any atom is 0.322 e. The molecule has 1 heterocycles. The molecule has 0 saturated carbocycles. The summed E-state index contributed by atoms with van der Waals surface area (Å²) in [4.78, 5) is 18.7. The molecule has 152 valence electrons. The van der Waals surface area contributed by atoms with E-state index in [4.69, 9.17) is 4.74 Å². The van der Waals surface area contributed by atoms with Gasteiger partial charge in [-0.15, -0.1) is 0 Å². The minimum Gasteiger partial charge on any atom is -0.494 e. The van der Waals surface area contributed by atoms with Gasteiger partial charge in [-0.3, -0.25) is 0 Å². The van der Waals surface area contributed by atoms with Crippen LogP contribution in [-0.4, -0.2) is 33.6 Å². The van der Waals surface area contributed by atoms with E-state index < -0.39 is 0 Å². The first kappa shape index (κ1) is 20.4. The van der Waals surface area contributed by atoms with Gasteiger partial charge in [0.2, 0.25) is 0 Å². The van der Waals surface area contributed by atoms with Crippen LogP contribution in [0.2, 0.25) is 0 Å². The van der Waals surface area contributed by atoms with Crippen molar-refractivity contribution in [1.82, 2.24) is 14.5 Å². The molecule has 0 radical (unpaired) electrons. The molecule has 3 rings (SSSR count). The molecular weight excluding hydrogens is 371 g/mol. The van der Waals surface area contributed by atoms with Gasteiger partial charge in [0.05, 0.1) is 19.5 Å². The Labute approximate surface area is 169 Å². The van der Waals surface area contributed by atoms with E-state index in [1.54, 1.807) is 29.6 Å². The molecular formula is C22H25FN4O2. The Morgan fingerprint density at radius 3 is 2.72 bits per heavy atom. The topological polar surface area (TPSA) is 59.4 Å². The molecule has 0 bridgehead atoms. The van der Waals surface area contributed by atoms with E-state index in [9.17, 15) is 9.18 Å². The minimum atomic E-state index is -0.342. The van der Waals surface area contributed by atoms with Gasteiger partial charge in [-0.1, -0.05) is 18.2 Å². The van der Waals surface area contributed by atoms with Crippen molar-refractivity contribution in [3.05, 3.63) is 78.6 Å². The lowest BCUT2D eigenvalue weighted by Crippen LogP contribution is -2.35. The third-order valence-corrected chi connectivity index (χ3v) is 4.42. The second-order valence-corrected chi connectivity index (χ2v) is 6.55. The molecule has 29 heavy (non-hydrogen) atoms. The lowest BCUT2D eigenvalue weighted by molar-refractivity contribution is 0.206. The van der Waals surface area contributed by atoms with Gasteiger partial charge >= 0.3 is 6.03 Å². The van der Waals surface area contributed by atoms with E-state index in [1.807, 2.05) is 42.0 Å². The zero-order valence-corrected chi connectivity index (χ0v) is 16.4. The number of hydrogen-bond donors (Lipinski definition) is 1. The van der Waals surface area contributed by atoms with Crippen LogP contribution in [0.15, 0.2) is 67.3 Å². The number of anilines is 1. The molecule has 2 aromatic carbocycles. The van der Waals surface area contributed by atoms with Crippen molar-refractivity contribution in [2.24, 2.45) is 0 Å². The largest absolute Gasteiger partial charge is 0.494 e. The molecule has 0 aliphatic heterocycles. The number of urea groups is 1.